The number of nitrogens with two attached hydrogens (primary N) is 1. The van der Waals surface area contributed by atoms with E-state index in [-0.39, 0.29) is 40.3 Å². The van der Waals surface area contributed by atoms with Gasteiger partial charge >= 0.3 is 0 Å². The highest BCUT2D eigenvalue weighted by molar-refractivity contribution is 7.91. The molecule has 3 N–H and O–H groups in total. The van der Waals surface area contributed by atoms with Gasteiger partial charge in [-0.05, 0) is 37.8 Å². The molecule has 0 radical (unpaired) electrons. The summed E-state index contributed by atoms with van der Waals surface area (Å²) in [7, 11) is -3.74. The number of benzene rings is 1. The second-order valence-electron chi connectivity index (χ2n) is 10.4. The van der Waals surface area contributed by atoms with Crippen molar-refractivity contribution in [2.24, 2.45) is 0 Å². The number of nitrogens with one attached hydrogen (secondary N) is 1. The number of carbonyl (C=O) groups excluding carboxylic acids is 1. The molecule has 2 fully saturated rings. The van der Waals surface area contributed by atoms with Gasteiger partial charge < -0.3 is 10.6 Å². The largest absolute Gasteiger partial charge is 0.382 e. The van der Waals surface area contributed by atoms with E-state index in [2.05, 4.69) is 25.6 Å². The molecule has 0 aliphatic carbocycles. The molecule has 2 atom stereocenters. The zero-order valence-corrected chi connectivity index (χ0v) is 22.4. The van der Waals surface area contributed by atoms with E-state index >= 15 is 0 Å². The van der Waals surface area contributed by atoms with Gasteiger partial charge in [0.25, 0.3) is 5.91 Å². The molecular formula is C26H26N10O3S. The maximum absolute atomic E-state index is 13.1. The van der Waals surface area contributed by atoms with Crippen LogP contribution in [-0.4, -0.2) is 77.4 Å². The van der Waals surface area contributed by atoms with Crippen LogP contribution in [0, 0.1) is 0 Å². The van der Waals surface area contributed by atoms with Crippen molar-refractivity contribution >= 4 is 27.2 Å². The Hall–Kier alpha value is -4.59. The van der Waals surface area contributed by atoms with E-state index in [4.69, 9.17) is 10.7 Å². The summed E-state index contributed by atoms with van der Waals surface area (Å²) in [6.45, 7) is 0. The Kier molecular flexibility index (Phi) is 5.49. The summed E-state index contributed by atoms with van der Waals surface area (Å²) in [6.07, 6.45) is 10.6. The van der Waals surface area contributed by atoms with Crippen molar-refractivity contribution in [3.8, 4) is 16.8 Å². The molecule has 2 unspecified atom stereocenters. The third kappa shape index (κ3) is 3.86. The number of para-hydroxylation sites is 1. The zero-order chi connectivity index (χ0) is 27.6. The van der Waals surface area contributed by atoms with Gasteiger partial charge in [0.2, 0.25) is 0 Å². The van der Waals surface area contributed by atoms with E-state index in [1.54, 1.807) is 17.1 Å². The third-order valence-electron chi connectivity index (χ3n) is 7.94. The first-order valence-electron chi connectivity index (χ1n) is 13.0. The van der Waals surface area contributed by atoms with Gasteiger partial charge in [-0.15, -0.1) is 0 Å². The van der Waals surface area contributed by atoms with Crippen LogP contribution in [0.1, 0.15) is 47.8 Å². The SMILES string of the molecule is CS(=O)(=O)c1c(C2CC3CCC(C2)N3C(=O)c2cn[nH]n2)nc2c(-c3cnn(-c4ccccc4)c3)cnn2c1N. The summed E-state index contributed by atoms with van der Waals surface area (Å²) in [5, 5.41) is 19.1. The van der Waals surface area contributed by atoms with Crippen molar-refractivity contribution in [2.75, 3.05) is 12.0 Å². The molecule has 5 aromatic rings. The number of H-pyrrole nitrogens is 1. The van der Waals surface area contributed by atoms with Crippen molar-refractivity contribution < 1.29 is 13.2 Å². The maximum atomic E-state index is 13.1. The van der Waals surface area contributed by atoms with Crippen molar-refractivity contribution in [3.63, 3.8) is 0 Å². The van der Waals surface area contributed by atoms with Gasteiger partial charge in [0.15, 0.2) is 21.2 Å². The number of nitrogens with zero attached hydrogens (tertiary/aromatic N) is 8. The van der Waals surface area contributed by atoms with Crippen LogP contribution in [-0.2, 0) is 9.84 Å². The number of fused-ring (bicyclic) bond motifs is 3. The van der Waals surface area contributed by atoms with Crippen LogP contribution in [0.5, 0.6) is 0 Å². The molecule has 6 heterocycles. The van der Waals surface area contributed by atoms with Crippen molar-refractivity contribution in [1.29, 1.82) is 0 Å². The minimum Gasteiger partial charge on any atom is -0.382 e. The van der Waals surface area contributed by atoms with Gasteiger partial charge in [-0.1, -0.05) is 18.2 Å². The predicted octanol–water partition coefficient (Wildman–Crippen LogP) is 2.24. The molecule has 7 rings (SSSR count). The van der Waals surface area contributed by atoms with Gasteiger partial charge in [-0.25, -0.2) is 18.1 Å². The number of carbonyl (C=O) groups is 1. The molecule has 0 spiro atoms. The van der Waals surface area contributed by atoms with E-state index in [9.17, 15) is 13.2 Å². The molecule has 1 amide bonds. The Morgan fingerprint density at radius 1 is 1.05 bits per heavy atom. The number of hydrogen-bond donors (Lipinski definition) is 2. The average molecular weight is 559 g/mol. The topological polar surface area (TPSA) is 170 Å². The Balaban J connectivity index is 1.30. The number of aromatic nitrogens is 8. The summed E-state index contributed by atoms with van der Waals surface area (Å²) >= 11 is 0. The molecule has 14 heteroatoms. The Morgan fingerprint density at radius 3 is 2.48 bits per heavy atom. The highest BCUT2D eigenvalue weighted by Crippen LogP contribution is 2.45. The maximum Gasteiger partial charge on any atom is 0.276 e. The Morgan fingerprint density at radius 2 is 1.80 bits per heavy atom. The number of anilines is 1. The van der Waals surface area contributed by atoms with Gasteiger partial charge in [0.05, 0.1) is 30.0 Å². The van der Waals surface area contributed by atoms with E-state index in [0.717, 1.165) is 30.3 Å². The van der Waals surface area contributed by atoms with Crippen LogP contribution < -0.4 is 5.73 Å². The number of rotatable bonds is 5. The number of piperidine rings is 1. The number of aromatic amines is 1. The van der Waals surface area contributed by atoms with E-state index in [0.29, 0.717) is 29.7 Å². The smallest absolute Gasteiger partial charge is 0.276 e. The predicted molar refractivity (Wildman–Crippen MR) is 144 cm³/mol. The molecule has 1 aromatic carbocycles. The standard InChI is InChI=1S/C26H26N10O3S/c1-40(38,39)23-22(15-9-18-7-8-19(10-15)35(18)26(37)21-13-28-33-32-21)31-25-20(12-30-36(25)24(23)27)16-11-29-34(14-16)17-5-3-2-4-6-17/h2-6,11-15,18-19H,7-10,27H2,1H3,(H,28,32,33). The summed E-state index contributed by atoms with van der Waals surface area (Å²) in [6, 6.07) is 9.59. The van der Waals surface area contributed by atoms with Crippen molar-refractivity contribution in [1.82, 2.24) is 44.7 Å². The summed E-state index contributed by atoms with van der Waals surface area (Å²) < 4.78 is 29.2. The van der Waals surface area contributed by atoms with Gasteiger partial charge in [-0.3, -0.25) is 4.79 Å². The fraction of sp³-hybridized carbons (Fsp3) is 0.308. The molecule has 13 nitrogen and oxygen atoms in total. The first-order chi connectivity index (χ1) is 19.3. The van der Waals surface area contributed by atoms with Crippen molar-refractivity contribution in [3.05, 3.63) is 66.5 Å². The van der Waals surface area contributed by atoms with Crippen molar-refractivity contribution in [2.45, 2.75) is 48.6 Å². The molecule has 40 heavy (non-hydrogen) atoms. The molecule has 2 bridgehead atoms. The van der Waals surface area contributed by atoms with Crippen LogP contribution in [0.25, 0.3) is 22.5 Å². The monoisotopic (exact) mass is 558 g/mol. The van der Waals surface area contributed by atoms with Gasteiger partial charge in [0.1, 0.15) is 10.7 Å². The lowest BCUT2D eigenvalue weighted by Gasteiger charge is -2.38. The summed E-state index contributed by atoms with van der Waals surface area (Å²) in [5.74, 6) is -0.345. The molecule has 2 aliphatic rings. The lowest BCUT2D eigenvalue weighted by atomic mass is 9.87. The van der Waals surface area contributed by atoms with E-state index in [1.807, 2.05) is 41.4 Å². The Bertz CT molecular complexity index is 1830. The zero-order valence-electron chi connectivity index (χ0n) is 21.5. The molecule has 2 aliphatic heterocycles. The molecule has 2 saturated heterocycles. The quantitative estimate of drug-likeness (QED) is 0.328. The van der Waals surface area contributed by atoms with Crippen LogP contribution in [0.4, 0.5) is 5.82 Å². The van der Waals surface area contributed by atoms with Crippen LogP contribution in [0.2, 0.25) is 0 Å². The van der Waals surface area contributed by atoms with Gasteiger partial charge in [0, 0.05) is 41.6 Å². The molecule has 0 saturated carbocycles. The number of nitrogen functional groups attached to an aromatic ring is 1. The highest BCUT2D eigenvalue weighted by atomic mass is 32.2. The highest BCUT2D eigenvalue weighted by Gasteiger charge is 2.46. The lowest BCUT2D eigenvalue weighted by molar-refractivity contribution is 0.0562. The number of amides is 1. The summed E-state index contributed by atoms with van der Waals surface area (Å²) in [4.78, 5) is 19.9. The fourth-order valence-corrected chi connectivity index (χ4v) is 7.29. The normalized spacial score (nSPS) is 20.8. The minimum absolute atomic E-state index is 0.00434. The average Bonchev–Trinajstić information content (AvgIpc) is 3.74. The summed E-state index contributed by atoms with van der Waals surface area (Å²) in [5.41, 5.74) is 10.0. The second-order valence-corrected chi connectivity index (χ2v) is 12.4. The van der Waals surface area contributed by atoms with Gasteiger partial charge in [-0.2, -0.15) is 30.1 Å². The van der Waals surface area contributed by atoms with Crippen LogP contribution in [0.15, 0.2) is 60.0 Å². The third-order valence-corrected chi connectivity index (χ3v) is 9.10. The number of hydrogen-bond acceptors (Lipinski definition) is 9. The van der Waals surface area contributed by atoms with E-state index < -0.39 is 9.84 Å². The lowest BCUT2D eigenvalue weighted by Crippen LogP contribution is -2.46. The van der Waals surface area contributed by atoms with Crippen LogP contribution >= 0.6 is 0 Å². The fourth-order valence-electron chi connectivity index (χ4n) is 6.23. The first-order valence-corrected chi connectivity index (χ1v) is 14.8. The van der Waals surface area contributed by atoms with E-state index in [1.165, 1.54) is 10.7 Å². The minimum atomic E-state index is -3.74. The molecular weight excluding hydrogens is 532 g/mol. The second kappa shape index (κ2) is 8.98. The molecule has 4 aromatic heterocycles. The number of sulfone groups is 1. The first kappa shape index (κ1) is 24.5. The van der Waals surface area contributed by atoms with Crippen LogP contribution in [0.3, 0.4) is 0 Å². The molecule has 204 valence electrons. The Labute approximate surface area is 228 Å².